The van der Waals surface area contributed by atoms with E-state index in [2.05, 4.69) is 15.4 Å². The first kappa shape index (κ1) is 16.3. The molecule has 1 aromatic carbocycles. The summed E-state index contributed by atoms with van der Waals surface area (Å²) in [6.45, 7) is 4.23. The monoisotopic (exact) mass is 342 g/mol. The SMILES string of the molecule is Cc1nc(NC(=O)C2=NN(Cc3ccccc3)C(=O)CC2)sc1C. The predicted molar refractivity (Wildman–Crippen MR) is 93.9 cm³/mol. The van der Waals surface area contributed by atoms with Crippen molar-refractivity contribution in [1.29, 1.82) is 0 Å². The van der Waals surface area contributed by atoms with Gasteiger partial charge in [0.25, 0.3) is 5.91 Å². The molecule has 0 bridgehead atoms. The second-order valence-corrected chi connectivity index (χ2v) is 6.80. The minimum Gasteiger partial charge on any atom is -0.297 e. The molecule has 0 aliphatic carbocycles. The summed E-state index contributed by atoms with van der Waals surface area (Å²) in [4.78, 5) is 29.8. The normalized spacial score (nSPS) is 14.5. The molecule has 1 aliphatic rings. The number of carbonyl (C=O) groups excluding carboxylic acids is 2. The van der Waals surface area contributed by atoms with Crippen LogP contribution in [0.1, 0.15) is 29.0 Å². The Morgan fingerprint density at radius 1 is 1.25 bits per heavy atom. The number of rotatable bonds is 4. The van der Waals surface area contributed by atoms with Gasteiger partial charge in [0.15, 0.2) is 5.13 Å². The Hall–Kier alpha value is -2.54. The minimum absolute atomic E-state index is 0.0728. The molecule has 1 aliphatic heterocycles. The first-order chi connectivity index (χ1) is 11.5. The van der Waals surface area contributed by atoms with E-state index in [1.807, 2.05) is 44.2 Å². The van der Waals surface area contributed by atoms with Crippen LogP contribution in [0.15, 0.2) is 35.4 Å². The van der Waals surface area contributed by atoms with Gasteiger partial charge in [-0.15, -0.1) is 11.3 Å². The Kier molecular flexibility index (Phi) is 4.71. The van der Waals surface area contributed by atoms with E-state index in [1.54, 1.807) is 0 Å². The molecule has 0 radical (unpaired) electrons. The maximum atomic E-state index is 12.4. The number of hydrazone groups is 1. The molecule has 3 rings (SSSR count). The number of aromatic nitrogens is 1. The van der Waals surface area contributed by atoms with Gasteiger partial charge in [0.05, 0.1) is 12.2 Å². The maximum absolute atomic E-state index is 12.4. The molecule has 24 heavy (non-hydrogen) atoms. The van der Waals surface area contributed by atoms with Gasteiger partial charge in [-0.2, -0.15) is 5.10 Å². The van der Waals surface area contributed by atoms with Gasteiger partial charge in [0.2, 0.25) is 5.91 Å². The first-order valence-corrected chi connectivity index (χ1v) is 8.51. The maximum Gasteiger partial charge on any atom is 0.273 e. The molecule has 2 amide bonds. The third kappa shape index (κ3) is 3.68. The van der Waals surface area contributed by atoms with Crippen LogP contribution in [0.2, 0.25) is 0 Å². The van der Waals surface area contributed by atoms with Crippen molar-refractivity contribution in [3.05, 3.63) is 46.5 Å². The fraction of sp³-hybridized carbons (Fsp3) is 0.294. The van der Waals surface area contributed by atoms with Crippen LogP contribution in [0, 0.1) is 13.8 Å². The highest BCUT2D eigenvalue weighted by Gasteiger charge is 2.25. The lowest BCUT2D eigenvalue weighted by Gasteiger charge is -2.23. The minimum atomic E-state index is -0.297. The fourth-order valence-corrected chi connectivity index (χ4v) is 3.15. The smallest absolute Gasteiger partial charge is 0.273 e. The zero-order chi connectivity index (χ0) is 17.1. The van der Waals surface area contributed by atoms with E-state index in [-0.39, 0.29) is 18.2 Å². The number of benzene rings is 1. The van der Waals surface area contributed by atoms with Crippen molar-refractivity contribution in [1.82, 2.24) is 9.99 Å². The van der Waals surface area contributed by atoms with Crippen LogP contribution in [0.4, 0.5) is 5.13 Å². The molecule has 6 nitrogen and oxygen atoms in total. The predicted octanol–water partition coefficient (Wildman–Crippen LogP) is 2.88. The largest absolute Gasteiger partial charge is 0.297 e. The van der Waals surface area contributed by atoms with Crippen LogP contribution in [-0.4, -0.2) is 27.5 Å². The number of carbonyl (C=O) groups is 2. The Bertz CT molecular complexity index is 779. The average Bonchev–Trinajstić information content (AvgIpc) is 2.88. The highest BCUT2D eigenvalue weighted by molar-refractivity contribution is 7.15. The summed E-state index contributed by atoms with van der Waals surface area (Å²) in [6, 6.07) is 9.60. The van der Waals surface area contributed by atoms with Gasteiger partial charge in [0.1, 0.15) is 5.71 Å². The van der Waals surface area contributed by atoms with Gasteiger partial charge in [-0.1, -0.05) is 30.3 Å². The molecule has 0 saturated carbocycles. The number of nitrogens with one attached hydrogen (secondary N) is 1. The third-order valence-electron chi connectivity index (χ3n) is 3.79. The molecule has 0 atom stereocenters. The van der Waals surface area contributed by atoms with Gasteiger partial charge >= 0.3 is 0 Å². The highest BCUT2D eigenvalue weighted by atomic mass is 32.1. The fourth-order valence-electron chi connectivity index (χ4n) is 2.34. The first-order valence-electron chi connectivity index (χ1n) is 7.70. The van der Waals surface area contributed by atoms with Crippen molar-refractivity contribution in [2.24, 2.45) is 5.10 Å². The summed E-state index contributed by atoms with van der Waals surface area (Å²) in [7, 11) is 0. The van der Waals surface area contributed by atoms with Crippen molar-refractivity contribution >= 4 is 34.0 Å². The standard InChI is InChI=1S/C17H18N4O2S/c1-11-12(2)24-17(18-11)19-16(23)14-8-9-15(22)21(20-14)10-13-6-4-3-5-7-13/h3-7H,8-10H2,1-2H3,(H,18,19,23). The van der Waals surface area contributed by atoms with Crippen LogP contribution >= 0.6 is 11.3 Å². The average molecular weight is 342 g/mol. The van der Waals surface area contributed by atoms with Crippen LogP contribution in [0.25, 0.3) is 0 Å². The molecule has 7 heteroatoms. The van der Waals surface area contributed by atoms with E-state index in [0.29, 0.717) is 23.8 Å². The molecule has 0 saturated heterocycles. The van der Waals surface area contributed by atoms with E-state index in [4.69, 9.17) is 0 Å². The third-order valence-corrected chi connectivity index (χ3v) is 4.78. The summed E-state index contributed by atoms with van der Waals surface area (Å²) in [5.41, 5.74) is 2.24. The van der Waals surface area contributed by atoms with Crippen LogP contribution in [0.3, 0.4) is 0 Å². The number of aryl methyl sites for hydroxylation is 2. The second kappa shape index (κ2) is 6.92. The summed E-state index contributed by atoms with van der Waals surface area (Å²) in [6.07, 6.45) is 0.633. The van der Waals surface area contributed by atoms with Crippen molar-refractivity contribution in [3.8, 4) is 0 Å². The summed E-state index contributed by atoms with van der Waals surface area (Å²) >= 11 is 1.43. The van der Waals surface area contributed by atoms with Crippen molar-refractivity contribution in [3.63, 3.8) is 0 Å². The lowest BCUT2D eigenvalue weighted by atomic mass is 10.1. The summed E-state index contributed by atoms with van der Waals surface area (Å²) in [5.74, 6) is -0.370. The Labute approximate surface area is 144 Å². The molecule has 1 N–H and O–H groups in total. The van der Waals surface area contributed by atoms with Gasteiger partial charge < -0.3 is 0 Å². The van der Waals surface area contributed by atoms with Gasteiger partial charge in [-0.05, 0) is 19.4 Å². The molecule has 2 aromatic rings. The quantitative estimate of drug-likeness (QED) is 0.928. The van der Waals surface area contributed by atoms with Gasteiger partial charge in [0, 0.05) is 17.7 Å². The number of hydrogen-bond donors (Lipinski definition) is 1. The molecular weight excluding hydrogens is 324 g/mol. The van der Waals surface area contributed by atoms with E-state index in [1.165, 1.54) is 16.3 Å². The van der Waals surface area contributed by atoms with Gasteiger partial charge in [-0.25, -0.2) is 9.99 Å². The molecular formula is C17H18N4O2S. The lowest BCUT2D eigenvalue weighted by molar-refractivity contribution is -0.132. The lowest BCUT2D eigenvalue weighted by Crippen LogP contribution is -2.36. The molecule has 2 heterocycles. The topological polar surface area (TPSA) is 74.7 Å². The van der Waals surface area contributed by atoms with Crippen molar-refractivity contribution in [2.75, 3.05) is 5.32 Å². The molecule has 0 spiro atoms. The van der Waals surface area contributed by atoms with Crippen LogP contribution in [-0.2, 0) is 16.1 Å². The highest BCUT2D eigenvalue weighted by Crippen LogP contribution is 2.22. The van der Waals surface area contributed by atoms with E-state index >= 15 is 0 Å². The second-order valence-electron chi connectivity index (χ2n) is 5.60. The molecule has 1 aromatic heterocycles. The van der Waals surface area contributed by atoms with Gasteiger partial charge in [-0.3, -0.25) is 14.9 Å². The molecule has 0 unspecified atom stereocenters. The van der Waals surface area contributed by atoms with Crippen molar-refractivity contribution in [2.45, 2.75) is 33.2 Å². The Balaban J connectivity index is 1.73. The number of amides is 2. The zero-order valence-electron chi connectivity index (χ0n) is 13.6. The Morgan fingerprint density at radius 3 is 2.67 bits per heavy atom. The zero-order valence-corrected chi connectivity index (χ0v) is 14.4. The van der Waals surface area contributed by atoms with E-state index in [0.717, 1.165) is 16.1 Å². The number of anilines is 1. The van der Waals surface area contributed by atoms with E-state index in [9.17, 15) is 9.59 Å². The van der Waals surface area contributed by atoms with Crippen LogP contribution in [0.5, 0.6) is 0 Å². The van der Waals surface area contributed by atoms with Crippen LogP contribution < -0.4 is 5.32 Å². The number of nitrogens with zero attached hydrogens (tertiary/aromatic N) is 3. The van der Waals surface area contributed by atoms with Crippen molar-refractivity contribution < 1.29 is 9.59 Å². The van der Waals surface area contributed by atoms with E-state index < -0.39 is 0 Å². The molecule has 0 fully saturated rings. The number of hydrogen-bond acceptors (Lipinski definition) is 5. The number of thiazole rings is 1. The summed E-state index contributed by atoms with van der Waals surface area (Å²) < 4.78 is 0. The summed E-state index contributed by atoms with van der Waals surface area (Å²) in [5, 5.41) is 8.95. The Morgan fingerprint density at radius 2 is 2.00 bits per heavy atom. The molecule has 124 valence electrons.